The largest absolute Gasteiger partial charge is 0.480 e. The molecule has 1 aliphatic heterocycles. The number of methoxy groups -OCH3 is 1. The molecule has 1 aliphatic rings. The molecule has 94 valence electrons. The fourth-order valence-electron chi connectivity index (χ4n) is 2.41. The SMILES string of the molecule is COc1ncccc1NC1CC(C)OC(C)C1. The van der Waals surface area contributed by atoms with Gasteiger partial charge in [-0.25, -0.2) is 4.98 Å². The predicted octanol–water partition coefficient (Wildman–Crippen LogP) is 2.46. The van der Waals surface area contributed by atoms with Crippen molar-refractivity contribution in [3.05, 3.63) is 18.3 Å². The van der Waals surface area contributed by atoms with Gasteiger partial charge in [-0.3, -0.25) is 0 Å². The third kappa shape index (κ3) is 3.09. The standard InChI is InChI=1S/C13H20N2O2/c1-9-7-11(8-10(2)17-9)15-12-5-4-6-14-13(12)16-3/h4-6,9-11,15H,7-8H2,1-3H3. The first-order valence-corrected chi connectivity index (χ1v) is 6.10. The monoisotopic (exact) mass is 236 g/mol. The molecule has 0 saturated carbocycles. The van der Waals surface area contributed by atoms with E-state index in [0.29, 0.717) is 24.1 Å². The third-order valence-electron chi connectivity index (χ3n) is 3.02. The maximum absolute atomic E-state index is 5.72. The van der Waals surface area contributed by atoms with Crippen LogP contribution in [0.15, 0.2) is 18.3 Å². The normalized spacial score (nSPS) is 28.8. The molecule has 2 heterocycles. The molecule has 0 bridgehead atoms. The second-order valence-corrected chi connectivity index (χ2v) is 4.63. The molecule has 4 heteroatoms. The molecular formula is C13H20N2O2. The van der Waals surface area contributed by atoms with Gasteiger partial charge in [-0.1, -0.05) is 0 Å². The van der Waals surface area contributed by atoms with E-state index < -0.39 is 0 Å². The van der Waals surface area contributed by atoms with Gasteiger partial charge in [-0.05, 0) is 38.8 Å². The van der Waals surface area contributed by atoms with E-state index in [4.69, 9.17) is 9.47 Å². The zero-order valence-corrected chi connectivity index (χ0v) is 10.6. The van der Waals surface area contributed by atoms with E-state index in [1.54, 1.807) is 13.3 Å². The smallest absolute Gasteiger partial charge is 0.237 e. The van der Waals surface area contributed by atoms with E-state index in [1.165, 1.54) is 0 Å². The van der Waals surface area contributed by atoms with Crippen molar-refractivity contribution in [2.45, 2.75) is 44.9 Å². The van der Waals surface area contributed by atoms with Gasteiger partial charge in [0.1, 0.15) is 0 Å². The first-order chi connectivity index (χ1) is 8.19. The summed E-state index contributed by atoms with van der Waals surface area (Å²) in [6.45, 7) is 4.23. The minimum Gasteiger partial charge on any atom is -0.480 e. The molecule has 2 rings (SSSR count). The number of anilines is 1. The van der Waals surface area contributed by atoms with E-state index in [-0.39, 0.29) is 0 Å². The topological polar surface area (TPSA) is 43.4 Å². The van der Waals surface area contributed by atoms with Gasteiger partial charge in [0.2, 0.25) is 5.88 Å². The van der Waals surface area contributed by atoms with Crippen LogP contribution in [0.5, 0.6) is 5.88 Å². The first kappa shape index (κ1) is 12.2. The highest BCUT2D eigenvalue weighted by Crippen LogP contribution is 2.26. The summed E-state index contributed by atoms with van der Waals surface area (Å²) < 4.78 is 11.0. The molecule has 0 amide bonds. The van der Waals surface area contributed by atoms with E-state index in [1.807, 2.05) is 12.1 Å². The second-order valence-electron chi connectivity index (χ2n) is 4.63. The quantitative estimate of drug-likeness (QED) is 0.875. The number of ether oxygens (including phenoxy) is 2. The van der Waals surface area contributed by atoms with Crippen molar-refractivity contribution < 1.29 is 9.47 Å². The van der Waals surface area contributed by atoms with Crippen molar-refractivity contribution in [2.24, 2.45) is 0 Å². The predicted molar refractivity (Wildman–Crippen MR) is 67.4 cm³/mol. The molecule has 17 heavy (non-hydrogen) atoms. The van der Waals surface area contributed by atoms with E-state index in [9.17, 15) is 0 Å². The van der Waals surface area contributed by atoms with Gasteiger partial charge in [0.15, 0.2) is 0 Å². The fraction of sp³-hybridized carbons (Fsp3) is 0.615. The Morgan fingerprint density at radius 2 is 2.06 bits per heavy atom. The molecule has 1 aromatic heterocycles. The van der Waals surface area contributed by atoms with Crippen molar-refractivity contribution in [2.75, 3.05) is 12.4 Å². The minimum atomic E-state index is 0.305. The van der Waals surface area contributed by atoms with Gasteiger partial charge in [-0.2, -0.15) is 0 Å². The Hall–Kier alpha value is -1.29. The Bertz CT molecular complexity index is 360. The summed E-state index contributed by atoms with van der Waals surface area (Å²) >= 11 is 0. The number of hydrogen-bond acceptors (Lipinski definition) is 4. The maximum atomic E-state index is 5.72. The Morgan fingerprint density at radius 3 is 2.71 bits per heavy atom. The summed E-state index contributed by atoms with van der Waals surface area (Å²) in [4.78, 5) is 4.18. The summed E-state index contributed by atoms with van der Waals surface area (Å²) in [6.07, 6.45) is 4.38. The lowest BCUT2D eigenvalue weighted by atomic mass is 10.00. The number of pyridine rings is 1. The first-order valence-electron chi connectivity index (χ1n) is 6.10. The molecule has 0 radical (unpaired) electrons. The van der Waals surface area contributed by atoms with Gasteiger partial charge in [-0.15, -0.1) is 0 Å². The zero-order valence-electron chi connectivity index (χ0n) is 10.6. The van der Waals surface area contributed by atoms with E-state index in [2.05, 4.69) is 24.1 Å². The van der Waals surface area contributed by atoms with Crippen LogP contribution in [0.3, 0.4) is 0 Å². The average Bonchev–Trinajstić information content (AvgIpc) is 2.28. The van der Waals surface area contributed by atoms with Gasteiger partial charge in [0, 0.05) is 12.2 Å². The lowest BCUT2D eigenvalue weighted by Gasteiger charge is -2.33. The van der Waals surface area contributed by atoms with Crippen LogP contribution in [-0.2, 0) is 4.74 Å². The van der Waals surface area contributed by atoms with Crippen LogP contribution in [0.25, 0.3) is 0 Å². The molecule has 1 fully saturated rings. The number of rotatable bonds is 3. The zero-order chi connectivity index (χ0) is 12.3. The molecule has 2 atom stereocenters. The van der Waals surface area contributed by atoms with Gasteiger partial charge >= 0.3 is 0 Å². The highest BCUT2D eigenvalue weighted by molar-refractivity contribution is 5.52. The van der Waals surface area contributed by atoms with E-state index in [0.717, 1.165) is 18.5 Å². The fourth-order valence-corrected chi connectivity index (χ4v) is 2.41. The van der Waals surface area contributed by atoms with Crippen LogP contribution >= 0.6 is 0 Å². The van der Waals surface area contributed by atoms with Crippen LogP contribution in [-0.4, -0.2) is 30.3 Å². The molecule has 1 saturated heterocycles. The lowest BCUT2D eigenvalue weighted by molar-refractivity contribution is -0.0338. The summed E-state index contributed by atoms with van der Waals surface area (Å²) in [7, 11) is 1.64. The van der Waals surface area contributed by atoms with Crippen LogP contribution in [0.4, 0.5) is 5.69 Å². The average molecular weight is 236 g/mol. The van der Waals surface area contributed by atoms with Crippen LogP contribution < -0.4 is 10.1 Å². The number of hydrogen-bond donors (Lipinski definition) is 1. The molecule has 1 aromatic rings. The number of nitrogens with zero attached hydrogens (tertiary/aromatic N) is 1. The van der Waals surface area contributed by atoms with Gasteiger partial charge in [0.25, 0.3) is 0 Å². The van der Waals surface area contributed by atoms with Crippen molar-refractivity contribution in [1.29, 1.82) is 0 Å². The molecule has 0 spiro atoms. The Morgan fingerprint density at radius 1 is 1.35 bits per heavy atom. The second kappa shape index (κ2) is 5.36. The lowest BCUT2D eigenvalue weighted by Crippen LogP contribution is -2.37. The van der Waals surface area contributed by atoms with Crippen molar-refractivity contribution in [3.8, 4) is 5.88 Å². The Labute approximate surface area is 102 Å². The Kier molecular flexibility index (Phi) is 3.84. The summed E-state index contributed by atoms with van der Waals surface area (Å²) in [5.74, 6) is 0.652. The summed E-state index contributed by atoms with van der Waals surface area (Å²) in [6, 6.07) is 4.33. The molecule has 4 nitrogen and oxygen atoms in total. The number of nitrogens with one attached hydrogen (secondary N) is 1. The highest BCUT2D eigenvalue weighted by atomic mass is 16.5. The van der Waals surface area contributed by atoms with Gasteiger partial charge in [0.05, 0.1) is 25.0 Å². The van der Waals surface area contributed by atoms with Gasteiger partial charge < -0.3 is 14.8 Å². The molecule has 2 unspecified atom stereocenters. The molecule has 0 aromatic carbocycles. The molecule has 0 aliphatic carbocycles. The van der Waals surface area contributed by atoms with Crippen LogP contribution in [0.2, 0.25) is 0 Å². The Balaban J connectivity index is 2.04. The highest BCUT2D eigenvalue weighted by Gasteiger charge is 2.24. The van der Waals surface area contributed by atoms with Crippen molar-refractivity contribution in [3.63, 3.8) is 0 Å². The van der Waals surface area contributed by atoms with Crippen molar-refractivity contribution >= 4 is 5.69 Å². The van der Waals surface area contributed by atoms with Crippen LogP contribution in [0, 0.1) is 0 Å². The third-order valence-corrected chi connectivity index (χ3v) is 3.02. The summed E-state index contributed by atoms with van der Waals surface area (Å²) in [5.41, 5.74) is 0.960. The van der Waals surface area contributed by atoms with Crippen LogP contribution in [0.1, 0.15) is 26.7 Å². The van der Waals surface area contributed by atoms with E-state index >= 15 is 0 Å². The minimum absolute atomic E-state index is 0.305. The molecular weight excluding hydrogens is 216 g/mol. The number of aromatic nitrogens is 1. The van der Waals surface area contributed by atoms with Crippen molar-refractivity contribution in [1.82, 2.24) is 4.98 Å². The molecule has 1 N–H and O–H groups in total. The maximum Gasteiger partial charge on any atom is 0.237 e. The summed E-state index contributed by atoms with van der Waals surface area (Å²) in [5, 5.41) is 3.49.